The van der Waals surface area contributed by atoms with Gasteiger partial charge in [-0.2, -0.15) is 0 Å². The number of carbonyl (C=O) groups is 3. The Hall–Kier alpha value is -3.39. The van der Waals surface area contributed by atoms with Crippen LogP contribution in [0.5, 0.6) is 0 Å². The minimum Gasteiger partial charge on any atom is -0.479 e. The number of carboxylic acids is 1. The van der Waals surface area contributed by atoms with Gasteiger partial charge in [0.25, 0.3) is 5.91 Å². The standard InChI is InChI=1S/C26H28N2O6/c1-33-22(23(29)28-16-10-12-26(28,13-11-16)24(30)31)14-27-25(32)34-15-21-19-8-4-2-6-17(19)18-7-3-5-9-20(18)21/h2-9,16,21-22H,10-15H2,1H3,(H,27,32)(H,30,31). The molecule has 0 saturated carbocycles. The highest BCUT2D eigenvalue weighted by Gasteiger charge is 2.59. The van der Waals surface area contributed by atoms with E-state index >= 15 is 0 Å². The van der Waals surface area contributed by atoms with E-state index in [0.717, 1.165) is 22.3 Å². The van der Waals surface area contributed by atoms with Gasteiger partial charge < -0.3 is 24.8 Å². The van der Waals surface area contributed by atoms with Crippen LogP contribution >= 0.6 is 0 Å². The molecule has 1 atom stereocenters. The van der Waals surface area contributed by atoms with Gasteiger partial charge in [0.1, 0.15) is 12.1 Å². The van der Waals surface area contributed by atoms with Crippen LogP contribution in [0.15, 0.2) is 48.5 Å². The maximum Gasteiger partial charge on any atom is 0.407 e. The van der Waals surface area contributed by atoms with E-state index in [9.17, 15) is 19.5 Å². The van der Waals surface area contributed by atoms with Gasteiger partial charge in [0.15, 0.2) is 6.10 Å². The summed E-state index contributed by atoms with van der Waals surface area (Å²) in [5.41, 5.74) is 3.37. The summed E-state index contributed by atoms with van der Waals surface area (Å²) in [6.45, 7) is 0.0761. The van der Waals surface area contributed by atoms with Crippen molar-refractivity contribution in [1.29, 1.82) is 0 Å². The van der Waals surface area contributed by atoms with E-state index in [4.69, 9.17) is 9.47 Å². The second-order valence-electron chi connectivity index (χ2n) is 9.21. The lowest BCUT2D eigenvalue weighted by Gasteiger charge is -2.33. The van der Waals surface area contributed by atoms with Crippen molar-refractivity contribution in [3.63, 3.8) is 0 Å². The monoisotopic (exact) mass is 464 g/mol. The van der Waals surface area contributed by atoms with Crippen LogP contribution in [0.25, 0.3) is 11.1 Å². The molecule has 2 amide bonds. The summed E-state index contributed by atoms with van der Waals surface area (Å²) in [5.74, 6) is -1.43. The molecule has 2 bridgehead atoms. The predicted molar refractivity (Wildman–Crippen MR) is 123 cm³/mol. The molecule has 2 aliphatic heterocycles. The molecule has 0 radical (unpaired) electrons. The molecular weight excluding hydrogens is 436 g/mol. The van der Waals surface area contributed by atoms with Crippen molar-refractivity contribution in [3.05, 3.63) is 59.7 Å². The molecule has 2 aromatic rings. The van der Waals surface area contributed by atoms with Crippen LogP contribution in [-0.4, -0.2) is 65.9 Å². The lowest BCUT2D eigenvalue weighted by Crippen LogP contribution is -2.55. The molecule has 2 fully saturated rings. The molecule has 1 aliphatic carbocycles. The van der Waals surface area contributed by atoms with Gasteiger partial charge in [0.2, 0.25) is 0 Å². The van der Waals surface area contributed by atoms with Gasteiger partial charge in [0, 0.05) is 19.1 Å². The molecule has 3 aliphatic rings. The molecule has 1 unspecified atom stereocenters. The van der Waals surface area contributed by atoms with E-state index in [0.29, 0.717) is 25.7 Å². The van der Waals surface area contributed by atoms with E-state index in [1.807, 2.05) is 36.4 Å². The molecule has 178 valence electrons. The maximum absolute atomic E-state index is 13.1. The van der Waals surface area contributed by atoms with Crippen molar-refractivity contribution in [3.8, 4) is 11.1 Å². The highest BCUT2D eigenvalue weighted by molar-refractivity contribution is 5.91. The van der Waals surface area contributed by atoms with Gasteiger partial charge in [0.05, 0.1) is 6.54 Å². The minimum absolute atomic E-state index is 0.0614. The minimum atomic E-state index is -1.15. The number of benzene rings is 2. The lowest BCUT2D eigenvalue weighted by molar-refractivity contribution is -0.159. The Morgan fingerprint density at radius 3 is 2.21 bits per heavy atom. The fourth-order valence-electron chi connectivity index (χ4n) is 5.89. The first-order chi connectivity index (χ1) is 16.5. The number of aliphatic carboxylic acids is 1. The average Bonchev–Trinajstić information content (AvgIpc) is 3.52. The fourth-order valence-corrected chi connectivity index (χ4v) is 5.89. The van der Waals surface area contributed by atoms with Gasteiger partial charge in [-0.25, -0.2) is 9.59 Å². The summed E-state index contributed by atoms with van der Waals surface area (Å²) in [4.78, 5) is 39.0. The first-order valence-corrected chi connectivity index (χ1v) is 11.6. The zero-order valence-corrected chi connectivity index (χ0v) is 19.0. The molecule has 2 aromatic carbocycles. The van der Waals surface area contributed by atoms with E-state index in [1.165, 1.54) is 12.0 Å². The Labute approximate surface area is 197 Å². The number of fused-ring (bicyclic) bond motifs is 5. The molecule has 0 spiro atoms. The highest BCUT2D eigenvalue weighted by Crippen LogP contribution is 2.47. The number of amides is 2. The normalized spacial score (nSPS) is 23.3. The van der Waals surface area contributed by atoms with Crippen molar-refractivity contribution >= 4 is 18.0 Å². The van der Waals surface area contributed by atoms with Crippen LogP contribution in [-0.2, 0) is 19.1 Å². The second kappa shape index (κ2) is 8.76. The summed E-state index contributed by atoms with van der Waals surface area (Å²) < 4.78 is 10.9. The molecule has 2 heterocycles. The summed E-state index contributed by atoms with van der Waals surface area (Å²) in [5, 5.41) is 12.4. The summed E-state index contributed by atoms with van der Waals surface area (Å²) in [7, 11) is 1.38. The van der Waals surface area contributed by atoms with Crippen molar-refractivity contribution in [2.45, 2.75) is 49.3 Å². The number of rotatable bonds is 7. The first-order valence-electron chi connectivity index (χ1n) is 11.6. The number of alkyl carbamates (subject to hydrolysis) is 1. The Kier molecular flexibility index (Phi) is 5.77. The molecule has 8 heteroatoms. The van der Waals surface area contributed by atoms with Gasteiger partial charge in [-0.3, -0.25) is 4.79 Å². The Morgan fingerprint density at radius 1 is 1.06 bits per heavy atom. The quantitative estimate of drug-likeness (QED) is 0.652. The summed E-state index contributed by atoms with van der Waals surface area (Å²) in [6.07, 6.45) is 0.638. The average molecular weight is 465 g/mol. The molecular formula is C26H28N2O6. The van der Waals surface area contributed by atoms with Crippen molar-refractivity contribution < 1.29 is 29.0 Å². The summed E-state index contributed by atoms with van der Waals surface area (Å²) >= 11 is 0. The van der Waals surface area contributed by atoms with E-state index < -0.39 is 29.6 Å². The fraction of sp³-hybridized carbons (Fsp3) is 0.423. The maximum atomic E-state index is 13.1. The first kappa shape index (κ1) is 22.4. The van der Waals surface area contributed by atoms with Crippen LogP contribution in [0.3, 0.4) is 0 Å². The van der Waals surface area contributed by atoms with Crippen LogP contribution in [0.1, 0.15) is 42.7 Å². The molecule has 2 saturated heterocycles. The topological polar surface area (TPSA) is 105 Å². The number of nitrogens with zero attached hydrogens (tertiary/aromatic N) is 1. The second-order valence-corrected chi connectivity index (χ2v) is 9.21. The molecule has 8 nitrogen and oxygen atoms in total. The van der Waals surface area contributed by atoms with Gasteiger partial charge in [-0.05, 0) is 47.9 Å². The molecule has 2 N–H and O–H groups in total. The third-order valence-electron chi connectivity index (χ3n) is 7.58. The lowest BCUT2D eigenvalue weighted by atomic mass is 9.88. The molecule has 5 rings (SSSR count). The number of nitrogens with one attached hydrogen (secondary N) is 1. The van der Waals surface area contributed by atoms with Crippen LogP contribution in [0.4, 0.5) is 4.79 Å². The SMILES string of the molecule is COC(CNC(=O)OCC1c2ccccc2-c2ccccc21)C(=O)N1C2CCC1(C(=O)O)CC2. The number of ether oxygens (including phenoxy) is 2. The zero-order valence-electron chi connectivity index (χ0n) is 19.0. The van der Waals surface area contributed by atoms with Gasteiger partial charge in [-0.15, -0.1) is 0 Å². The van der Waals surface area contributed by atoms with Crippen molar-refractivity contribution in [2.24, 2.45) is 0 Å². The van der Waals surface area contributed by atoms with Crippen LogP contribution in [0.2, 0.25) is 0 Å². The molecule has 0 aromatic heterocycles. The number of carboxylic acid groups (broad SMARTS) is 1. The number of hydrogen-bond donors (Lipinski definition) is 2. The number of methoxy groups -OCH3 is 1. The highest BCUT2D eigenvalue weighted by atomic mass is 16.5. The third kappa shape index (κ3) is 3.53. The van der Waals surface area contributed by atoms with Gasteiger partial charge >= 0.3 is 12.1 Å². The number of carbonyl (C=O) groups excluding carboxylic acids is 2. The number of hydrogen-bond acceptors (Lipinski definition) is 5. The smallest absolute Gasteiger partial charge is 0.407 e. The van der Waals surface area contributed by atoms with Gasteiger partial charge in [-0.1, -0.05) is 48.5 Å². The zero-order chi connectivity index (χ0) is 23.9. The summed E-state index contributed by atoms with van der Waals surface area (Å²) in [6, 6.07) is 16.1. The Balaban J connectivity index is 1.20. The van der Waals surface area contributed by atoms with E-state index in [1.54, 1.807) is 0 Å². The van der Waals surface area contributed by atoms with Crippen LogP contribution in [0, 0.1) is 0 Å². The third-order valence-corrected chi connectivity index (χ3v) is 7.58. The largest absolute Gasteiger partial charge is 0.479 e. The van der Waals surface area contributed by atoms with E-state index in [2.05, 4.69) is 17.4 Å². The van der Waals surface area contributed by atoms with Crippen LogP contribution < -0.4 is 5.32 Å². The molecule has 34 heavy (non-hydrogen) atoms. The van der Waals surface area contributed by atoms with Crippen molar-refractivity contribution in [1.82, 2.24) is 10.2 Å². The predicted octanol–water partition coefficient (Wildman–Crippen LogP) is 3.15. The Morgan fingerprint density at radius 2 is 1.65 bits per heavy atom. The van der Waals surface area contributed by atoms with Crippen molar-refractivity contribution in [2.75, 3.05) is 20.3 Å². The Bertz CT molecular complexity index is 1080. The van der Waals surface area contributed by atoms with E-state index in [-0.39, 0.29) is 25.1 Å².